The molecular weight excluding hydrogens is 308 g/mol. The van der Waals surface area contributed by atoms with Gasteiger partial charge in [0.2, 0.25) is 10.0 Å². The number of sulfonamides is 1. The molecule has 2 aromatic rings. The third-order valence-corrected chi connectivity index (χ3v) is 5.76. The van der Waals surface area contributed by atoms with Gasteiger partial charge in [-0.3, -0.25) is 0 Å². The predicted molar refractivity (Wildman–Crippen MR) is 82.7 cm³/mol. The van der Waals surface area contributed by atoms with Crippen LogP contribution in [0.3, 0.4) is 0 Å². The highest BCUT2D eigenvalue weighted by Crippen LogP contribution is 2.24. The van der Waals surface area contributed by atoms with E-state index in [4.69, 9.17) is 5.11 Å². The van der Waals surface area contributed by atoms with Crippen molar-refractivity contribution in [3.63, 3.8) is 0 Å². The van der Waals surface area contributed by atoms with Crippen LogP contribution >= 0.6 is 11.3 Å². The topological polar surface area (TPSA) is 79.3 Å². The summed E-state index contributed by atoms with van der Waals surface area (Å²) in [5.41, 5.74) is 0.132. The van der Waals surface area contributed by atoms with Crippen molar-refractivity contribution in [1.29, 1.82) is 0 Å². The highest BCUT2D eigenvalue weighted by molar-refractivity contribution is 7.89. The molecule has 7 heteroatoms. The van der Waals surface area contributed by atoms with Gasteiger partial charge in [0.05, 0.1) is 10.4 Å². The quantitative estimate of drug-likeness (QED) is 0.849. The van der Waals surface area contributed by atoms with E-state index >= 15 is 0 Å². The molecule has 2 N–H and O–H groups in total. The maximum atomic E-state index is 12.4. The summed E-state index contributed by atoms with van der Waals surface area (Å²) in [5, 5.41) is 11.4. The minimum atomic E-state index is -3.62. The van der Waals surface area contributed by atoms with E-state index < -0.39 is 15.6 Å². The first kappa shape index (κ1) is 16.1. The van der Waals surface area contributed by atoms with Crippen molar-refractivity contribution in [3.8, 4) is 0 Å². The van der Waals surface area contributed by atoms with Gasteiger partial charge in [-0.15, -0.1) is 11.3 Å². The molecule has 0 amide bonds. The molecule has 2 rings (SSSR count). The molecule has 0 fully saturated rings. The number of aliphatic hydroxyl groups is 1. The second-order valence-electron chi connectivity index (χ2n) is 5.19. The largest absolute Gasteiger partial charge is 0.396 e. The Labute approximate surface area is 128 Å². The summed E-state index contributed by atoms with van der Waals surface area (Å²) in [6.45, 7) is 3.61. The zero-order valence-electron chi connectivity index (χ0n) is 11.9. The highest BCUT2D eigenvalue weighted by atomic mass is 32.2. The maximum Gasteiger partial charge on any atom is 0.241 e. The van der Waals surface area contributed by atoms with Crippen LogP contribution in [-0.4, -0.2) is 25.1 Å². The highest BCUT2D eigenvalue weighted by Gasteiger charge is 2.29. The zero-order chi connectivity index (χ0) is 15.5. The lowest BCUT2D eigenvalue weighted by Gasteiger charge is -2.23. The Morgan fingerprint density at radius 1 is 1.29 bits per heavy atom. The Morgan fingerprint density at radius 2 is 1.95 bits per heavy atom. The predicted octanol–water partition coefficient (Wildman–Crippen LogP) is 1.89. The average molecular weight is 326 g/mol. The van der Waals surface area contributed by atoms with Gasteiger partial charge in [-0.2, -0.15) is 4.72 Å². The molecule has 5 nitrogen and oxygen atoms in total. The normalized spacial score (nSPS) is 12.5. The van der Waals surface area contributed by atoms with Crippen LogP contribution in [0.1, 0.15) is 24.4 Å². The molecule has 21 heavy (non-hydrogen) atoms. The van der Waals surface area contributed by atoms with Crippen molar-refractivity contribution in [2.45, 2.75) is 30.7 Å². The maximum absolute atomic E-state index is 12.4. The molecule has 1 aromatic carbocycles. The van der Waals surface area contributed by atoms with Crippen LogP contribution in [0.5, 0.6) is 0 Å². The minimum Gasteiger partial charge on any atom is -0.396 e. The number of aliphatic hydroxyl groups excluding tert-OH is 1. The Hall–Kier alpha value is -1.28. The lowest BCUT2D eigenvalue weighted by molar-refractivity contribution is 0.299. The van der Waals surface area contributed by atoms with Gasteiger partial charge in [-0.05, 0) is 38.0 Å². The molecule has 0 bridgehead atoms. The molecule has 114 valence electrons. The standard InChI is InChI=1S/C14H18N2O3S2/c1-14(2,13-15-8-10-20-13)16-21(18,19)12-5-3-11(4-6-12)7-9-17/h3-6,8,10,16-17H,7,9H2,1-2H3. The Bertz CT molecular complexity index is 678. The van der Waals surface area contributed by atoms with Gasteiger partial charge in [0, 0.05) is 18.2 Å². The van der Waals surface area contributed by atoms with E-state index in [0.29, 0.717) is 11.4 Å². The van der Waals surface area contributed by atoms with Gasteiger partial charge in [-0.1, -0.05) is 12.1 Å². The Balaban J connectivity index is 2.22. The average Bonchev–Trinajstić information content (AvgIpc) is 2.93. The van der Waals surface area contributed by atoms with Crippen LogP contribution in [0.25, 0.3) is 0 Å². The molecular formula is C14H18N2O3S2. The van der Waals surface area contributed by atoms with Crippen molar-refractivity contribution in [1.82, 2.24) is 9.71 Å². The molecule has 0 radical (unpaired) electrons. The van der Waals surface area contributed by atoms with Crippen LogP contribution in [0, 0.1) is 0 Å². The number of aromatic nitrogens is 1. The summed E-state index contributed by atoms with van der Waals surface area (Å²) < 4.78 is 27.5. The lowest BCUT2D eigenvalue weighted by atomic mass is 10.1. The Kier molecular flexibility index (Phi) is 4.77. The summed E-state index contributed by atoms with van der Waals surface area (Å²) in [4.78, 5) is 4.37. The molecule has 0 aliphatic rings. The van der Waals surface area contributed by atoms with Crippen molar-refractivity contribution in [2.75, 3.05) is 6.61 Å². The third kappa shape index (κ3) is 3.88. The molecule has 0 atom stereocenters. The van der Waals surface area contributed by atoms with E-state index in [0.717, 1.165) is 5.56 Å². The number of rotatable bonds is 6. The summed E-state index contributed by atoms with van der Waals surface area (Å²) in [5.74, 6) is 0. The van der Waals surface area contributed by atoms with E-state index in [1.807, 2.05) is 5.38 Å². The number of nitrogens with one attached hydrogen (secondary N) is 1. The van der Waals surface area contributed by atoms with E-state index in [1.54, 1.807) is 44.3 Å². The van der Waals surface area contributed by atoms with Crippen LogP contribution in [-0.2, 0) is 22.0 Å². The number of hydrogen-bond donors (Lipinski definition) is 2. The molecule has 0 spiro atoms. The number of benzene rings is 1. The van der Waals surface area contributed by atoms with Crippen LogP contribution in [0.15, 0.2) is 40.7 Å². The molecule has 0 aliphatic carbocycles. The van der Waals surface area contributed by atoms with E-state index in [-0.39, 0.29) is 11.5 Å². The third-order valence-electron chi connectivity index (χ3n) is 2.99. The van der Waals surface area contributed by atoms with Gasteiger partial charge in [0.25, 0.3) is 0 Å². The molecule has 1 aromatic heterocycles. The fourth-order valence-corrected chi connectivity index (χ4v) is 4.10. The SMILES string of the molecule is CC(C)(NS(=O)(=O)c1ccc(CCO)cc1)c1nccs1. The van der Waals surface area contributed by atoms with Gasteiger partial charge in [0.1, 0.15) is 5.01 Å². The van der Waals surface area contributed by atoms with Crippen LogP contribution in [0.4, 0.5) is 0 Å². The second kappa shape index (κ2) is 6.23. The fraction of sp³-hybridized carbons (Fsp3) is 0.357. The summed E-state index contributed by atoms with van der Waals surface area (Å²) in [6, 6.07) is 6.51. The van der Waals surface area contributed by atoms with Crippen LogP contribution < -0.4 is 4.72 Å². The molecule has 1 heterocycles. The van der Waals surface area contributed by atoms with Crippen molar-refractivity contribution >= 4 is 21.4 Å². The van der Waals surface area contributed by atoms with Gasteiger partial charge in [0.15, 0.2) is 0 Å². The molecule has 0 unspecified atom stereocenters. The van der Waals surface area contributed by atoms with Gasteiger partial charge < -0.3 is 5.11 Å². The fourth-order valence-electron chi connectivity index (χ4n) is 1.93. The smallest absolute Gasteiger partial charge is 0.241 e. The summed E-state index contributed by atoms with van der Waals surface area (Å²) in [6.07, 6.45) is 2.16. The van der Waals surface area contributed by atoms with Gasteiger partial charge in [-0.25, -0.2) is 13.4 Å². The molecule has 0 saturated carbocycles. The lowest BCUT2D eigenvalue weighted by Crippen LogP contribution is -2.40. The van der Waals surface area contributed by atoms with E-state index in [2.05, 4.69) is 9.71 Å². The zero-order valence-corrected chi connectivity index (χ0v) is 13.5. The second-order valence-corrected chi connectivity index (χ2v) is 7.76. The Morgan fingerprint density at radius 3 is 2.48 bits per heavy atom. The first-order chi connectivity index (χ1) is 9.85. The monoisotopic (exact) mass is 326 g/mol. The number of thiazole rings is 1. The number of nitrogens with zero attached hydrogens (tertiary/aromatic N) is 1. The van der Waals surface area contributed by atoms with E-state index in [1.165, 1.54) is 11.3 Å². The van der Waals surface area contributed by atoms with Crippen molar-refractivity contribution < 1.29 is 13.5 Å². The number of hydrogen-bond acceptors (Lipinski definition) is 5. The minimum absolute atomic E-state index is 0.0431. The molecule has 0 aliphatic heterocycles. The summed E-state index contributed by atoms with van der Waals surface area (Å²) in [7, 11) is -3.62. The first-order valence-corrected chi connectivity index (χ1v) is 8.85. The first-order valence-electron chi connectivity index (χ1n) is 6.49. The van der Waals surface area contributed by atoms with E-state index in [9.17, 15) is 8.42 Å². The van der Waals surface area contributed by atoms with Crippen molar-refractivity contribution in [2.24, 2.45) is 0 Å². The van der Waals surface area contributed by atoms with Crippen LogP contribution in [0.2, 0.25) is 0 Å². The van der Waals surface area contributed by atoms with Gasteiger partial charge >= 0.3 is 0 Å². The summed E-state index contributed by atoms with van der Waals surface area (Å²) >= 11 is 1.41. The van der Waals surface area contributed by atoms with Crippen molar-refractivity contribution in [3.05, 3.63) is 46.4 Å². The molecule has 0 saturated heterocycles.